The third-order valence-corrected chi connectivity index (χ3v) is 5.57. The van der Waals surface area contributed by atoms with Crippen LogP contribution in [-0.4, -0.2) is 34.5 Å². The maximum absolute atomic E-state index is 12.8. The summed E-state index contributed by atoms with van der Waals surface area (Å²) >= 11 is 3.47. The van der Waals surface area contributed by atoms with Crippen LogP contribution < -0.4 is 14.8 Å². The van der Waals surface area contributed by atoms with Crippen LogP contribution in [0, 0.1) is 0 Å². The van der Waals surface area contributed by atoms with Crippen LogP contribution in [0.4, 0.5) is 5.95 Å². The molecule has 0 saturated carbocycles. The molecule has 1 unspecified atom stereocenters. The van der Waals surface area contributed by atoms with Gasteiger partial charge in [-0.3, -0.25) is 0 Å². The number of esters is 1. The number of hydrogen-bond donors (Lipinski definition) is 1. The summed E-state index contributed by atoms with van der Waals surface area (Å²) in [7, 11) is 1.59. The molecule has 1 aliphatic heterocycles. The Kier molecular flexibility index (Phi) is 6.45. The van der Waals surface area contributed by atoms with Crippen molar-refractivity contribution in [3.8, 4) is 11.5 Å². The van der Waals surface area contributed by atoms with Crippen LogP contribution in [-0.2, 0) is 16.1 Å². The molecule has 3 aromatic rings. The highest BCUT2D eigenvalue weighted by Gasteiger charge is 2.34. The lowest BCUT2D eigenvalue weighted by Gasteiger charge is -2.28. The molecule has 32 heavy (non-hydrogen) atoms. The molecule has 0 aliphatic carbocycles. The number of ether oxygens (including phenoxy) is 3. The van der Waals surface area contributed by atoms with Gasteiger partial charge >= 0.3 is 5.97 Å². The zero-order valence-corrected chi connectivity index (χ0v) is 19.5. The minimum absolute atomic E-state index is 0.276. The quantitative estimate of drug-likeness (QED) is 0.480. The molecule has 0 radical (unpaired) electrons. The summed E-state index contributed by atoms with van der Waals surface area (Å²) in [4.78, 5) is 17.0. The van der Waals surface area contributed by atoms with E-state index in [1.165, 1.54) is 6.33 Å². The van der Waals surface area contributed by atoms with Crippen LogP contribution in [0.5, 0.6) is 11.5 Å². The summed E-state index contributed by atoms with van der Waals surface area (Å²) in [6.45, 7) is 4.27. The zero-order valence-electron chi connectivity index (χ0n) is 18.0. The molecule has 1 N–H and O–H groups in total. The SMILES string of the molecule is CCOC(=O)C1=C(C)Nc2ncnn2C1c1ccc(OCc2cccc(Br)c2)c(OC)c1. The van der Waals surface area contributed by atoms with Crippen molar-refractivity contribution >= 4 is 27.8 Å². The number of anilines is 1. The summed E-state index contributed by atoms with van der Waals surface area (Å²) in [5.41, 5.74) is 2.96. The highest BCUT2D eigenvalue weighted by atomic mass is 79.9. The first-order valence-electron chi connectivity index (χ1n) is 10.1. The van der Waals surface area contributed by atoms with E-state index in [0.717, 1.165) is 15.6 Å². The molecular weight excluding hydrogens is 476 g/mol. The lowest BCUT2D eigenvalue weighted by Crippen LogP contribution is -2.29. The second-order valence-electron chi connectivity index (χ2n) is 7.14. The molecular formula is C23H23BrN4O4. The highest BCUT2D eigenvalue weighted by Crippen LogP contribution is 2.39. The van der Waals surface area contributed by atoms with Gasteiger partial charge in [0.1, 0.15) is 19.0 Å². The van der Waals surface area contributed by atoms with E-state index in [1.807, 2.05) is 49.4 Å². The van der Waals surface area contributed by atoms with Crippen molar-refractivity contribution in [3.63, 3.8) is 0 Å². The van der Waals surface area contributed by atoms with Gasteiger partial charge in [-0.25, -0.2) is 9.48 Å². The van der Waals surface area contributed by atoms with Crippen molar-refractivity contribution in [1.82, 2.24) is 14.8 Å². The van der Waals surface area contributed by atoms with Gasteiger partial charge in [-0.2, -0.15) is 10.1 Å². The highest BCUT2D eigenvalue weighted by molar-refractivity contribution is 9.10. The lowest BCUT2D eigenvalue weighted by molar-refractivity contribution is -0.139. The van der Waals surface area contributed by atoms with E-state index < -0.39 is 12.0 Å². The Morgan fingerprint density at radius 3 is 2.81 bits per heavy atom. The lowest BCUT2D eigenvalue weighted by atomic mass is 9.95. The van der Waals surface area contributed by atoms with E-state index in [4.69, 9.17) is 14.2 Å². The van der Waals surface area contributed by atoms with Crippen molar-refractivity contribution in [2.45, 2.75) is 26.5 Å². The maximum atomic E-state index is 12.8. The summed E-state index contributed by atoms with van der Waals surface area (Å²) in [6.07, 6.45) is 1.45. The Morgan fingerprint density at radius 1 is 1.22 bits per heavy atom. The molecule has 1 atom stereocenters. The number of hydrogen-bond acceptors (Lipinski definition) is 7. The fourth-order valence-electron chi connectivity index (χ4n) is 3.63. The molecule has 1 aliphatic rings. The standard InChI is InChI=1S/C23H23BrN4O4/c1-4-31-22(29)20-14(2)27-23-25-13-26-28(23)21(20)16-8-9-18(19(11-16)30-3)32-12-15-6-5-7-17(24)10-15/h5-11,13,21H,4,12H2,1-3H3,(H,25,26,27). The molecule has 2 heterocycles. The van der Waals surface area contributed by atoms with Crippen LogP contribution in [0.15, 0.2) is 64.5 Å². The molecule has 0 saturated heterocycles. The Balaban J connectivity index is 1.68. The average molecular weight is 499 g/mol. The third kappa shape index (κ3) is 4.34. The molecule has 8 nitrogen and oxygen atoms in total. The van der Waals surface area contributed by atoms with E-state index in [0.29, 0.717) is 35.3 Å². The first-order valence-corrected chi connectivity index (χ1v) is 10.9. The Morgan fingerprint density at radius 2 is 2.06 bits per heavy atom. The van der Waals surface area contributed by atoms with Gasteiger partial charge in [0.05, 0.1) is 19.3 Å². The normalized spacial score (nSPS) is 15.1. The van der Waals surface area contributed by atoms with Crippen molar-refractivity contribution in [2.24, 2.45) is 0 Å². The van der Waals surface area contributed by atoms with Gasteiger partial charge in [-0.05, 0) is 49.2 Å². The van der Waals surface area contributed by atoms with E-state index in [1.54, 1.807) is 18.7 Å². The molecule has 2 aromatic carbocycles. The van der Waals surface area contributed by atoms with Gasteiger partial charge in [0, 0.05) is 10.2 Å². The van der Waals surface area contributed by atoms with E-state index in [2.05, 4.69) is 31.3 Å². The number of halogens is 1. The van der Waals surface area contributed by atoms with Gasteiger partial charge < -0.3 is 19.5 Å². The van der Waals surface area contributed by atoms with Crippen LogP contribution in [0.25, 0.3) is 0 Å². The molecule has 0 bridgehead atoms. The fraction of sp³-hybridized carbons (Fsp3) is 0.261. The Labute approximate surface area is 194 Å². The van der Waals surface area contributed by atoms with Crippen molar-refractivity contribution in [3.05, 3.63) is 75.7 Å². The fourth-order valence-corrected chi connectivity index (χ4v) is 4.08. The summed E-state index contributed by atoms with van der Waals surface area (Å²) < 4.78 is 19.6. The number of fused-ring (bicyclic) bond motifs is 1. The second kappa shape index (κ2) is 9.44. The molecule has 0 fully saturated rings. The van der Waals surface area contributed by atoms with E-state index >= 15 is 0 Å². The third-order valence-electron chi connectivity index (χ3n) is 5.08. The first kappa shape index (κ1) is 21.9. The molecule has 1 aromatic heterocycles. The zero-order chi connectivity index (χ0) is 22.7. The van der Waals surface area contributed by atoms with Gasteiger partial charge in [0.2, 0.25) is 5.95 Å². The molecule has 0 spiro atoms. The van der Waals surface area contributed by atoms with Gasteiger partial charge in [0.25, 0.3) is 0 Å². The first-order chi connectivity index (χ1) is 15.5. The number of rotatable bonds is 7. The van der Waals surface area contributed by atoms with Gasteiger partial charge in [-0.1, -0.05) is 34.1 Å². The molecule has 0 amide bonds. The number of nitrogens with zero attached hydrogens (tertiary/aromatic N) is 3. The molecule has 9 heteroatoms. The predicted octanol–water partition coefficient (Wildman–Crippen LogP) is 4.48. The number of allylic oxidation sites excluding steroid dienone is 1. The smallest absolute Gasteiger partial charge is 0.338 e. The monoisotopic (exact) mass is 498 g/mol. The minimum atomic E-state index is -0.513. The summed E-state index contributed by atoms with van der Waals surface area (Å²) in [6, 6.07) is 13.0. The number of methoxy groups -OCH3 is 1. The largest absolute Gasteiger partial charge is 0.493 e. The summed E-state index contributed by atoms with van der Waals surface area (Å²) in [5, 5.41) is 7.45. The van der Waals surface area contributed by atoms with Crippen LogP contribution in [0.3, 0.4) is 0 Å². The second-order valence-corrected chi connectivity index (χ2v) is 8.06. The Hall–Kier alpha value is -3.33. The molecule has 166 valence electrons. The predicted molar refractivity (Wildman–Crippen MR) is 123 cm³/mol. The Bertz CT molecular complexity index is 1170. The number of carbonyl (C=O) groups excluding carboxylic acids is 1. The van der Waals surface area contributed by atoms with Crippen LogP contribution >= 0.6 is 15.9 Å². The minimum Gasteiger partial charge on any atom is -0.493 e. The van der Waals surface area contributed by atoms with E-state index in [-0.39, 0.29) is 6.61 Å². The average Bonchev–Trinajstić information content (AvgIpc) is 3.25. The van der Waals surface area contributed by atoms with Crippen molar-refractivity contribution in [1.29, 1.82) is 0 Å². The van der Waals surface area contributed by atoms with Crippen molar-refractivity contribution in [2.75, 3.05) is 19.0 Å². The summed E-state index contributed by atoms with van der Waals surface area (Å²) in [5.74, 6) is 1.30. The van der Waals surface area contributed by atoms with Gasteiger partial charge in [-0.15, -0.1) is 0 Å². The number of nitrogens with one attached hydrogen (secondary N) is 1. The molecule has 4 rings (SSSR count). The van der Waals surface area contributed by atoms with Crippen LogP contribution in [0.1, 0.15) is 31.0 Å². The van der Waals surface area contributed by atoms with Crippen LogP contribution in [0.2, 0.25) is 0 Å². The number of carbonyl (C=O) groups is 1. The number of aromatic nitrogens is 3. The van der Waals surface area contributed by atoms with Gasteiger partial charge in [0.15, 0.2) is 11.5 Å². The topological polar surface area (TPSA) is 87.5 Å². The number of benzene rings is 2. The van der Waals surface area contributed by atoms with Crippen molar-refractivity contribution < 1.29 is 19.0 Å². The maximum Gasteiger partial charge on any atom is 0.338 e. The van der Waals surface area contributed by atoms with E-state index in [9.17, 15) is 4.79 Å².